The molecule has 1 nitrogen and oxygen atoms in total. The van der Waals surface area contributed by atoms with Gasteiger partial charge in [0, 0.05) is 0 Å². The summed E-state index contributed by atoms with van der Waals surface area (Å²) in [7, 11) is 3.56. The zero-order valence-corrected chi connectivity index (χ0v) is 5.30. The molecule has 0 saturated carbocycles. The summed E-state index contributed by atoms with van der Waals surface area (Å²) in [5.74, 6) is 0. The maximum atomic E-state index is 9.31. The van der Waals surface area contributed by atoms with Gasteiger partial charge in [-0.25, -0.2) is 0 Å². The lowest BCUT2D eigenvalue weighted by Crippen LogP contribution is -1.62. The molecule has 0 heterocycles. The number of hydrogen-bond acceptors (Lipinski definition) is 1. The summed E-state index contributed by atoms with van der Waals surface area (Å²) in [4.78, 5) is 0. The third-order valence-corrected chi connectivity index (χ3v) is 0. The molecule has 0 saturated heterocycles. The first kappa shape index (κ1) is 5.33. The zero-order chi connectivity index (χ0) is 3.58. The average molecular weight is 210 g/mol. The lowest BCUT2D eigenvalue weighted by Gasteiger charge is -1.74. The molecular weight excluding hydrogens is 210 g/mol. The highest BCUT2D eigenvalue weighted by Gasteiger charge is 1.81. The lowest BCUT2D eigenvalue weighted by molar-refractivity contribution is 0.623. The Morgan fingerprint density at radius 2 is 2.00 bits per heavy atom. The molecule has 0 amide bonds. The van der Waals surface area contributed by atoms with E-state index in [0.717, 1.165) is 0 Å². The summed E-state index contributed by atoms with van der Waals surface area (Å²) in [5.41, 5.74) is 0. The molecule has 0 rings (SSSR count). The van der Waals surface area contributed by atoms with E-state index in [-0.39, 0.29) is 0 Å². The fourth-order valence-corrected chi connectivity index (χ4v) is 0. The minimum absolute atomic E-state index is 1.17. The fraction of sp³-hybridized carbons (Fsp3) is 0. The Labute approximate surface area is 44.0 Å². The van der Waals surface area contributed by atoms with E-state index in [1.165, 1.54) is 0 Å². The third-order valence-electron chi connectivity index (χ3n) is 0. The molecule has 0 aromatic carbocycles. The van der Waals surface area contributed by atoms with E-state index < -0.39 is 7.56 Å². The Morgan fingerprint density at radius 3 is 2.00 bits per heavy atom. The maximum Gasteiger partial charge on any atom is 0.272 e. The molecule has 1 atom stereocenters. The van der Waals surface area contributed by atoms with Gasteiger partial charge in [-0.1, -0.05) is 0 Å². The Hall–Kier alpha value is 1.33. The van der Waals surface area contributed by atoms with Crippen molar-refractivity contribution < 1.29 is 4.55 Å². The molecule has 0 aliphatic carbocycles. The molecule has 0 radical (unpaired) electrons. The van der Waals surface area contributed by atoms with Crippen molar-refractivity contribution in [2.45, 2.75) is 0 Å². The number of halogens is 2. The normalized spacial score (nSPS) is 15.8. The van der Waals surface area contributed by atoms with Crippen molar-refractivity contribution in [1.29, 1.82) is 0 Å². The van der Waals surface area contributed by atoms with Crippen LogP contribution in [0.3, 0.4) is 0 Å². The molecule has 0 N–H and O–H groups in total. The molecule has 0 fully saturated rings. The summed E-state index contributed by atoms with van der Waals surface area (Å²) in [6, 6.07) is 0. The van der Waals surface area contributed by atoms with Gasteiger partial charge in [-0.2, -0.15) is 0 Å². The van der Waals surface area contributed by atoms with Gasteiger partial charge in [0.2, 0.25) is 0 Å². The standard InChI is InChI=1S/ClIOS/c1-4(2)3. The van der Waals surface area contributed by atoms with Crippen LogP contribution in [-0.2, 0) is 7.56 Å². The predicted octanol–water partition coefficient (Wildman–Crippen LogP) is 1.24. The second-order valence-corrected chi connectivity index (χ2v) is 5.36. The van der Waals surface area contributed by atoms with E-state index in [0.29, 0.717) is 0 Å². The maximum absolute atomic E-state index is 9.31. The van der Waals surface area contributed by atoms with Gasteiger partial charge in [0.1, 0.15) is 7.56 Å². The summed E-state index contributed by atoms with van der Waals surface area (Å²) in [6.45, 7) is 0. The van der Waals surface area contributed by atoms with E-state index in [9.17, 15) is 4.55 Å². The van der Waals surface area contributed by atoms with E-state index in [1.807, 2.05) is 0 Å². The van der Waals surface area contributed by atoms with Gasteiger partial charge < -0.3 is 4.55 Å². The quantitative estimate of drug-likeness (QED) is 0.436. The predicted molar refractivity (Wildman–Crippen MR) is 28.0 cm³/mol. The highest BCUT2D eigenvalue weighted by atomic mass is 127. The van der Waals surface area contributed by atoms with Gasteiger partial charge >= 0.3 is 0 Å². The molecule has 0 aromatic heterocycles. The van der Waals surface area contributed by atoms with Gasteiger partial charge in [0.15, 0.2) is 10.7 Å². The monoisotopic (exact) mass is 210 g/mol. The van der Waals surface area contributed by atoms with Gasteiger partial charge in [-0.15, -0.1) is 0 Å². The molecule has 0 bridgehead atoms. The fourth-order valence-electron chi connectivity index (χ4n) is 0. The van der Waals surface area contributed by atoms with Gasteiger partial charge in [0.05, 0.1) is 0 Å². The summed E-state index contributed by atoms with van der Waals surface area (Å²) < 4.78 is 9.31. The summed E-state index contributed by atoms with van der Waals surface area (Å²) in [5, 5.41) is 0. The van der Waals surface area contributed by atoms with Crippen molar-refractivity contribution in [2.24, 2.45) is 0 Å². The summed E-state index contributed by atoms with van der Waals surface area (Å²) >= 11 is 1.58. The second kappa shape index (κ2) is 2.56. The van der Waals surface area contributed by atoms with E-state index in [4.69, 9.17) is 10.7 Å². The van der Waals surface area contributed by atoms with Crippen molar-refractivity contribution in [3.8, 4) is 0 Å². The molecular formula is ClIOS. The van der Waals surface area contributed by atoms with Crippen molar-refractivity contribution in [1.82, 2.24) is 0 Å². The van der Waals surface area contributed by atoms with Crippen molar-refractivity contribution in [3.05, 3.63) is 0 Å². The topological polar surface area (TPSA) is 23.1 Å². The Kier molecular flexibility index (Phi) is 3.41. The van der Waals surface area contributed by atoms with Crippen LogP contribution in [0.5, 0.6) is 0 Å². The first-order valence-corrected chi connectivity index (χ1v) is 4.99. The highest BCUT2D eigenvalue weighted by molar-refractivity contribution is 14.2. The van der Waals surface area contributed by atoms with E-state index >= 15 is 0 Å². The number of rotatable bonds is 0. The second-order valence-electron chi connectivity index (χ2n) is 0.184. The smallest absolute Gasteiger partial charge is 0.272 e. The number of hydrogen-bond donors (Lipinski definition) is 0. The molecule has 1 unspecified atom stereocenters. The zero-order valence-electron chi connectivity index (χ0n) is 1.57. The minimum atomic E-state index is -1.17. The van der Waals surface area contributed by atoms with Gasteiger partial charge in [0.25, 0.3) is 21.2 Å². The minimum Gasteiger partial charge on any atom is -0.591 e. The van der Waals surface area contributed by atoms with Crippen molar-refractivity contribution in [3.63, 3.8) is 0 Å². The van der Waals surface area contributed by atoms with Gasteiger partial charge in [-0.3, -0.25) is 0 Å². The third kappa shape index (κ3) is 10.2. The first-order chi connectivity index (χ1) is 1.73. The van der Waals surface area contributed by atoms with Crippen molar-refractivity contribution in [2.75, 3.05) is 0 Å². The molecule has 0 spiro atoms. The highest BCUT2D eigenvalue weighted by Crippen LogP contribution is 2.04. The van der Waals surface area contributed by atoms with Crippen LogP contribution in [0.25, 0.3) is 0 Å². The molecule has 4 heavy (non-hydrogen) atoms. The first-order valence-electron chi connectivity index (χ1n) is 0.475. The van der Waals surface area contributed by atoms with Crippen LogP contribution in [0.2, 0.25) is 0 Å². The average Bonchev–Trinajstić information content (AvgIpc) is 0.811. The summed E-state index contributed by atoms with van der Waals surface area (Å²) in [6.07, 6.45) is 0. The Bertz CT molecular complexity index is 12.8. The SMILES string of the molecule is [O-][S+](Cl)I. The van der Waals surface area contributed by atoms with E-state index in [2.05, 4.69) is 0 Å². The van der Waals surface area contributed by atoms with Crippen LogP contribution in [-0.4, -0.2) is 4.55 Å². The molecule has 0 aromatic rings. The van der Waals surface area contributed by atoms with Crippen LogP contribution in [0.15, 0.2) is 0 Å². The largest absolute Gasteiger partial charge is 0.591 e. The van der Waals surface area contributed by atoms with Crippen LogP contribution in [0.1, 0.15) is 0 Å². The molecule has 0 aliphatic heterocycles. The molecule has 26 valence electrons. The molecule has 4 heteroatoms. The van der Waals surface area contributed by atoms with Crippen molar-refractivity contribution >= 4 is 39.4 Å². The Morgan fingerprint density at radius 1 is 2.00 bits per heavy atom. The Balaban J connectivity index is 2.32. The van der Waals surface area contributed by atoms with Crippen LogP contribution < -0.4 is 0 Å². The van der Waals surface area contributed by atoms with Crippen LogP contribution in [0.4, 0.5) is 0 Å². The molecule has 0 aliphatic rings. The van der Waals surface area contributed by atoms with Gasteiger partial charge in [-0.05, 0) is 0 Å². The van der Waals surface area contributed by atoms with E-state index in [1.54, 1.807) is 21.2 Å². The van der Waals surface area contributed by atoms with Crippen LogP contribution >= 0.6 is 31.9 Å². The van der Waals surface area contributed by atoms with Crippen LogP contribution in [0, 0.1) is 0 Å². The lowest BCUT2D eigenvalue weighted by atomic mass is 15.9.